The van der Waals surface area contributed by atoms with E-state index in [0.29, 0.717) is 11.4 Å². The molecule has 1 heterocycles. The first-order valence-electron chi connectivity index (χ1n) is 7.61. The van der Waals surface area contributed by atoms with Crippen LogP contribution in [0.2, 0.25) is 0 Å². The molecule has 130 valence electrons. The Morgan fingerprint density at radius 1 is 1.33 bits per heavy atom. The maximum absolute atomic E-state index is 12.7. The predicted molar refractivity (Wildman–Crippen MR) is 84.1 cm³/mol. The van der Waals surface area contributed by atoms with Gasteiger partial charge in [0.2, 0.25) is 5.91 Å². The minimum atomic E-state index is -4.42. The van der Waals surface area contributed by atoms with Crippen LogP contribution in [-0.4, -0.2) is 15.5 Å². The van der Waals surface area contributed by atoms with Gasteiger partial charge in [0.1, 0.15) is 5.82 Å². The summed E-state index contributed by atoms with van der Waals surface area (Å²) in [4.78, 5) is 16.5. The van der Waals surface area contributed by atoms with E-state index >= 15 is 0 Å². The van der Waals surface area contributed by atoms with E-state index in [0.717, 1.165) is 12.1 Å². The molecule has 4 nitrogen and oxygen atoms in total. The topological polar surface area (TPSA) is 46.9 Å². The van der Waals surface area contributed by atoms with Crippen LogP contribution in [0.1, 0.15) is 36.8 Å². The average molecular weight is 339 g/mol. The molecule has 1 amide bonds. The minimum absolute atomic E-state index is 0.0940. The number of imidazole rings is 1. The first-order chi connectivity index (χ1) is 11.2. The Morgan fingerprint density at radius 2 is 2.04 bits per heavy atom. The molecule has 1 unspecified atom stereocenters. The number of nitrogens with zero attached hydrogens (tertiary/aromatic N) is 2. The van der Waals surface area contributed by atoms with Gasteiger partial charge in [-0.1, -0.05) is 32.0 Å². The second-order valence-electron chi connectivity index (χ2n) is 6.06. The van der Waals surface area contributed by atoms with E-state index in [1.54, 1.807) is 12.4 Å². The fraction of sp³-hybridized carbons (Fsp3) is 0.412. The Morgan fingerprint density at radius 3 is 2.58 bits per heavy atom. The molecule has 0 spiro atoms. The van der Waals surface area contributed by atoms with Crippen LogP contribution in [0.25, 0.3) is 0 Å². The van der Waals surface area contributed by atoms with Gasteiger partial charge in [0.25, 0.3) is 0 Å². The van der Waals surface area contributed by atoms with Gasteiger partial charge < -0.3 is 9.88 Å². The highest BCUT2D eigenvalue weighted by Gasteiger charge is 2.30. The van der Waals surface area contributed by atoms with Crippen LogP contribution in [0.5, 0.6) is 0 Å². The Labute approximate surface area is 138 Å². The van der Waals surface area contributed by atoms with Crippen LogP contribution in [0.15, 0.2) is 36.7 Å². The van der Waals surface area contributed by atoms with E-state index < -0.39 is 11.7 Å². The maximum Gasteiger partial charge on any atom is 0.416 e. The molecular formula is C17H20F3N3O. The number of nitrogens with one attached hydrogen (secondary N) is 1. The minimum Gasteiger partial charge on any atom is -0.346 e. The standard InChI is InChI=1S/C17H20F3N3O/c1-11(2)15(16-21-7-8-23(16)3)22-14(24)10-12-5-4-6-13(9-12)17(18,19)20/h4-9,11,15H,10H2,1-3H3,(H,22,24). The summed E-state index contributed by atoms with van der Waals surface area (Å²) >= 11 is 0. The van der Waals surface area contributed by atoms with Gasteiger partial charge in [-0.25, -0.2) is 4.98 Å². The number of halogens is 3. The zero-order chi connectivity index (χ0) is 17.9. The van der Waals surface area contributed by atoms with Crippen molar-refractivity contribution in [3.05, 3.63) is 53.6 Å². The molecular weight excluding hydrogens is 319 g/mol. The van der Waals surface area contributed by atoms with Crippen molar-refractivity contribution in [1.82, 2.24) is 14.9 Å². The van der Waals surface area contributed by atoms with Crippen molar-refractivity contribution in [3.63, 3.8) is 0 Å². The van der Waals surface area contributed by atoms with Crippen LogP contribution >= 0.6 is 0 Å². The Bertz CT molecular complexity index is 707. The van der Waals surface area contributed by atoms with Gasteiger partial charge in [0.05, 0.1) is 18.0 Å². The molecule has 1 aromatic carbocycles. The molecule has 1 atom stereocenters. The molecule has 0 saturated heterocycles. The summed E-state index contributed by atoms with van der Waals surface area (Å²) in [7, 11) is 1.83. The molecule has 0 aliphatic rings. The largest absolute Gasteiger partial charge is 0.416 e. The van der Waals surface area contributed by atoms with Crippen molar-refractivity contribution in [2.45, 2.75) is 32.5 Å². The van der Waals surface area contributed by atoms with Crippen LogP contribution in [-0.2, 0) is 24.4 Å². The zero-order valence-corrected chi connectivity index (χ0v) is 13.8. The average Bonchev–Trinajstić information content (AvgIpc) is 2.90. The Kier molecular flexibility index (Phi) is 5.31. The Balaban J connectivity index is 2.11. The van der Waals surface area contributed by atoms with Crippen LogP contribution in [0, 0.1) is 5.92 Å². The molecule has 1 N–H and O–H groups in total. The molecule has 0 saturated carbocycles. The van der Waals surface area contributed by atoms with Crippen molar-refractivity contribution in [1.29, 1.82) is 0 Å². The van der Waals surface area contributed by atoms with Crippen molar-refractivity contribution < 1.29 is 18.0 Å². The van der Waals surface area contributed by atoms with Gasteiger partial charge in [-0.05, 0) is 17.5 Å². The molecule has 0 aliphatic heterocycles. The highest BCUT2D eigenvalue weighted by atomic mass is 19.4. The quantitative estimate of drug-likeness (QED) is 0.906. The van der Waals surface area contributed by atoms with Crippen molar-refractivity contribution in [2.75, 3.05) is 0 Å². The SMILES string of the molecule is CC(C)C(NC(=O)Cc1cccc(C(F)(F)F)c1)c1nccn1C. The number of aromatic nitrogens is 2. The maximum atomic E-state index is 12.7. The summed E-state index contributed by atoms with van der Waals surface area (Å²) in [5.74, 6) is 0.468. The van der Waals surface area contributed by atoms with E-state index in [2.05, 4.69) is 10.3 Å². The zero-order valence-electron chi connectivity index (χ0n) is 13.8. The lowest BCUT2D eigenvalue weighted by molar-refractivity contribution is -0.137. The number of alkyl halides is 3. The molecule has 0 radical (unpaired) electrons. The second kappa shape index (κ2) is 7.07. The highest BCUT2D eigenvalue weighted by molar-refractivity contribution is 5.79. The molecule has 0 aliphatic carbocycles. The molecule has 7 heteroatoms. The monoisotopic (exact) mass is 339 g/mol. The number of amides is 1. The van der Waals surface area contributed by atoms with Gasteiger partial charge in [-0.2, -0.15) is 13.2 Å². The number of aryl methyl sites for hydroxylation is 1. The second-order valence-corrected chi connectivity index (χ2v) is 6.06. The van der Waals surface area contributed by atoms with Gasteiger partial charge in [0, 0.05) is 19.4 Å². The summed E-state index contributed by atoms with van der Waals surface area (Å²) in [5.41, 5.74) is -0.429. The van der Waals surface area contributed by atoms with Gasteiger partial charge in [-0.3, -0.25) is 4.79 Å². The third kappa shape index (κ3) is 4.37. The third-order valence-corrected chi connectivity index (χ3v) is 3.74. The van der Waals surface area contributed by atoms with Crippen molar-refractivity contribution >= 4 is 5.91 Å². The molecule has 2 aromatic rings. The number of benzene rings is 1. The number of hydrogen-bond acceptors (Lipinski definition) is 2. The fourth-order valence-corrected chi connectivity index (χ4v) is 2.47. The number of rotatable bonds is 5. The number of carbonyl (C=O) groups is 1. The van der Waals surface area contributed by atoms with E-state index in [4.69, 9.17) is 0 Å². The van der Waals surface area contributed by atoms with Crippen LogP contribution in [0.3, 0.4) is 0 Å². The molecule has 24 heavy (non-hydrogen) atoms. The van der Waals surface area contributed by atoms with E-state index in [1.807, 2.05) is 25.5 Å². The van der Waals surface area contributed by atoms with E-state index in [9.17, 15) is 18.0 Å². The van der Waals surface area contributed by atoms with Crippen LogP contribution in [0.4, 0.5) is 13.2 Å². The molecule has 2 rings (SSSR count). The first kappa shape index (κ1) is 18.0. The number of carbonyl (C=O) groups excluding carboxylic acids is 1. The normalized spacial score (nSPS) is 13.1. The van der Waals surface area contributed by atoms with Gasteiger partial charge >= 0.3 is 6.18 Å². The predicted octanol–water partition coefficient (Wildman–Crippen LogP) is 3.49. The Hall–Kier alpha value is -2.31. The first-order valence-corrected chi connectivity index (χ1v) is 7.61. The molecule has 0 bridgehead atoms. The van der Waals surface area contributed by atoms with Crippen molar-refractivity contribution in [3.8, 4) is 0 Å². The lowest BCUT2D eigenvalue weighted by atomic mass is 10.0. The van der Waals surface area contributed by atoms with Gasteiger partial charge in [-0.15, -0.1) is 0 Å². The summed E-state index contributed by atoms with van der Waals surface area (Å²) < 4.78 is 40.0. The summed E-state index contributed by atoms with van der Waals surface area (Å²) in [5, 5.41) is 2.86. The smallest absolute Gasteiger partial charge is 0.346 e. The lowest BCUT2D eigenvalue weighted by Crippen LogP contribution is -2.34. The van der Waals surface area contributed by atoms with E-state index in [1.165, 1.54) is 12.1 Å². The highest BCUT2D eigenvalue weighted by Crippen LogP contribution is 2.29. The number of hydrogen-bond donors (Lipinski definition) is 1. The molecule has 1 aromatic heterocycles. The third-order valence-electron chi connectivity index (χ3n) is 3.74. The van der Waals surface area contributed by atoms with E-state index in [-0.39, 0.29) is 24.3 Å². The van der Waals surface area contributed by atoms with Gasteiger partial charge in [0.15, 0.2) is 0 Å². The van der Waals surface area contributed by atoms with Crippen molar-refractivity contribution in [2.24, 2.45) is 13.0 Å². The summed E-state index contributed by atoms with van der Waals surface area (Å²) in [6.45, 7) is 3.90. The molecule has 0 fully saturated rings. The lowest BCUT2D eigenvalue weighted by Gasteiger charge is -2.22. The fourth-order valence-electron chi connectivity index (χ4n) is 2.47. The van der Waals surface area contributed by atoms with Crippen LogP contribution < -0.4 is 5.32 Å². The summed E-state index contributed by atoms with van der Waals surface area (Å²) in [6, 6.07) is 4.52. The summed E-state index contributed by atoms with van der Waals surface area (Å²) in [6.07, 6.45) is -1.11.